The number of carbonyl (C=O) groups is 1. The van der Waals surface area contributed by atoms with Crippen molar-refractivity contribution in [2.75, 3.05) is 13.2 Å². The van der Waals surface area contributed by atoms with Gasteiger partial charge in [0.2, 0.25) is 0 Å². The summed E-state index contributed by atoms with van der Waals surface area (Å²) >= 11 is 5.88. The second kappa shape index (κ2) is 8.69. The molecule has 3 aromatic carbocycles. The number of para-hydroxylation sites is 1. The Morgan fingerprint density at radius 3 is 2.70 bits per heavy atom. The lowest BCUT2D eigenvalue weighted by Crippen LogP contribution is -2.26. The van der Waals surface area contributed by atoms with Gasteiger partial charge in [-0.15, -0.1) is 0 Å². The number of benzene rings is 3. The van der Waals surface area contributed by atoms with Gasteiger partial charge in [-0.2, -0.15) is 0 Å². The molecule has 0 atom stereocenters. The van der Waals surface area contributed by atoms with E-state index in [1.54, 1.807) is 24.3 Å². The van der Waals surface area contributed by atoms with Crippen molar-refractivity contribution in [2.45, 2.75) is 6.42 Å². The third-order valence-corrected chi connectivity index (χ3v) is 5.08. The highest BCUT2D eigenvalue weighted by Crippen LogP contribution is 2.32. The van der Waals surface area contributed by atoms with E-state index in [2.05, 4.69) is 5.32 Å². The Morgan fingerprint density at radius 1 is 1.07 bits per heavy atom. The van der Waals surface area contributed by atoms with Crippen molar-refractivity contribution >= 4 is 28.5 Å². The zero-order valence-electron chi connectivity index (χ0n) is 16.0. The van der Waals surface area contributed by atoms with Crippen molar-refractivity contribution in [3.63, 3.8) is 0 Å². The molecular formula is C24H19ClFNO3. The number of hydrogen-bond donors (Lipinski definition) is 2. The molecule has 0 fully saturated rings. The predicted octanol–water partition coefficient (Wildman–Crippen LogP) is 5.21. The second-order valence-electron chi connectivity index (χ2n) is 6.92. The fourth-order valence-electron chi connectivity index (χ4n) is 3.38. The molecule has 0 saturated carbocycles. The van der Waals surface area contributed by atoms with Gasteiger partial charge in [0.15, 0.2) is 0 Å². The van der Waals surface area contributed by atoms with Crippen molar-refractivity contribution in [2.24, 2.45) is 0 Å². The summed E-state index contributed by atoms with van der Waals surface area (Å²) in [6.07, 6.45) is 0.484. The molecule has 0 saturated heterocycles. The molecule has 0 bridgehead atoms. The van der Waals surface area contributed by atoms with Gasteiger partial charge in [0.1, 0.15) is 17.2 Å². The molecule has 0 aliphatic heterocycles. The van der Waals surface area contributed by atoms with Gasteiger partial charge in [0, 0.05) is 29.5 Å². The third kappa shape index (κ3) is 4.22. The zero-order chi connectivity index (χ0) is 21.1. The first-order valence-electron chi connectivity index (χ1n) is 9.50. The molecule has 152 valence electrons. The molecule has 1 aromatic heterocycles. The maximum Gasteiger partial charge on any atom is 0.251 e. The van der Waals surface area contributed by atoms with E-state index in [9.17, 15) is 9.18 Å². The molecule has 0 aliphatic carbocycles. The smallest absolute Gasteiger partial charge is 0.251 e. The first-order valence-corrected chi connectivity index (χ1v) is 9.88. The lowest BCUT2D eigenvalue weighted by molar-refractivity contribution is 0.0945. The normalized spacial score (nSPS) is 11.0. The Labute approximate surface area is 177 Å². The monoisotopic (exact) mass is 423 g/mol. The lowest BCUT2D eigenvalue weighted by Gasteiger charge is -2.07. The number of aliphatic hydroxyl groups is 1. The average Bonchev–Trinajstić information content (AvgIpc) is 3.17. The summed E-state index contributed by atoms with van der Waals surface area (Å²) < 4.78 is 19.5. The van der Waals surface area contributed by atoms with E-state index in [-0.39, 0.29) is 24.1 Å². The predicted molar refractivity (Wildman–Crippen MR) is 115 cm³/mol. The molecule has 0 unspecified atom stereocenters. The van der Waals surface area contributed by atoms with Crippen molar-refractivity contribution in [3.8, 4) is 11.1 Å². The van der Waals surface area contributed by atoms with Crippen LogP contribution in [0.25, 0.3) is 22.1 Å². The average molecular weight is 424 g/mol. The SMILES string of the molecule is O=C(NCCO)c1cccc(-c2cccc3cc(Cc4ccc(F)c(Cl)c4)oc23)c1. The Bertz CT molecular complexity index is 1220. The minimum absolute atomic E-state index is 0.0839. The Hall–Kier alpha value is -3.15. The van der Waals surface area contributed by atoms with Crippen LogP contribution in [0.5, 0.6) is 0 Å². The van der Waals surface area contributed by atoms with Gasteiger partial charge in [-0.25, -0.2) is 4.39 Å². The van der Waals surface area contributed by atoms with Gasteiger partial charge < -0.3 is 14.8 Å². The van der Waals surface area contributed by atoms with Crippen molar-refractivity contribution in [3.05, 3.63) is 94.5 Å². The number of aliphatic hydroxyl groups excluding tert-OH is 1. The highest BCUT2D eigenvalue weighted by Gasteiger charge is 2.13. The maximum atomic E-state index is 13.4. The summed E-state index contributed by atoms with van der Waals surface area (Å²) in [5, 5.41) is 12.6. The van der Waals surface area contributed by atoms with Crippen molar-refractivity contribution in [1.82, 2.24) is 5.32 Å². The first kappa shape index (κ1) is 20.1. The van der Waals surface area contributed by atoms with E-state index < -0.39 is 5.82 Å². The minimum Gasteiger partial charge on any atom is -0.460 e. The van der Waals surface area contributed by atoms with Crippen LogP contribution in [-0.4, -0.2) is 24.2 Å². The number of halogens is 2. The van der Waals surface area contributed by atoms with Gasteiger partial charge in [-0.3, -0.25) is 4.79 Å². The molecule has 1 heterocycles. The van der Waals surface area contributed by atoms with Gasteiger partial charge in [-0.05, 0) is 41.5 Å². The van der Waals surface area contributed by atoms with Crippen LogP contribution < -0.4 is 5.32 Å². The van der Waals surface area contributed by atoms with Gasteiger partial charge in [-0.1, -0.05) is 48.0 Å². The Balaban J connectivity index is 1.67. The maximum absolute atomic E-state index is 13.4. The van der Waals surface area contributed by atoms with Crippen LogP contribution in [-0.2, 0) is 6.42 Å². The van der Waals surface area contributed by atoms with Crippen molar-refractivity contribution in [1.29, 1.82) is 0 Å². The van der Waals surface area contributed by atoms with Gasteiger partial charge in [0.25, 0.3) is 5.91 Å². The summed E-state index contributed by atoms with van der Waals surface area (Å²) in [5.41, 5.74) is 3.79. The highest BCUT2D eigenvalue weighted by atomic mass is 35.5. The molecule has 4 aromatic rings. The lowest BCUT2D eigenvalue weighted by atomic mass is 10.0. The third-order valence-electron chi connectivity index (χ3n) is 4.79. The number of hydrogen-bond acceptors (Lipinski definition) is 3. The standard InChI is InChI=1S/C24H19ClFNO3/c25-21-12-15(7-8-22(21)26)11-19-14-17-4-2-6-20(23(17)30-19)16-3-1-5-18(13-16)24(29)27-9-10-28/h1-8,12-14,28H,9-11H2,(H,27,29). The van der Waals surface area contributed by atoms with E-state index in [1.165, 1.54) is 6.07 Å². The van der Waals surface area contributed by atoms with Crippen LogP contribution >= 0.6 is 11.6 Å². The summed E-state index contributed by atoms with van der Waals surface area (Å²) in [6.45, 7) is 0.0900. The summed E-state index contributed by atoms with van der Waals surface area (Å²) in [5.74, 6) is 0.0404. The van der Waals surface area contributed by atoms with Gasteiger partial charge >= 0.3 is 0 Å². The number of amides is 1. The summed E-state index contributed by atoms with van der Waals surface area (Å²) in [4.78, 5) is 12.2. The number of rotatable bonds is 6. The van der Waals surface area contributed by atoms with Crippen molar-refractivity contribution < 1.29 is 18.7 Å². The molecule has 4 nitrogen and oxygen atoms in total. The summed E-state index contributed by atoms with van der Waals surface area (Å²) in [7, 11) is 0. The van der Waals surface area contributed by atoms with Crippen LogP contribution in [0.3, 0.4) is 0 Å². The molecule has 2 N–H and O–H groups in total. The molecule has 30 heavy (non-hydrogen) atoms. The molecule has 6 heteroatoms. The van der Waals surface area contributed by atoms with Crippen LogP contribution in [0.15, 0.2) is 71.1 Å². The molecule has 0 spiro atoms. The van der Waals surface area contributed by atoms with Crippen LogP contribution in [0.1, 0.15) is 21.7 Å². The van der Waals surface area contributed by atoms with Crippen LogP contribution in [0.4, 0.5) is 4.39 Å². The van der Waals surface area contributed by atoms with Crippen LogP contribution in [0, 0.1) is 5.82 Å². The van der Waals surface area contributed by atoms with Crippen LogP contribution in [0.2, 0.25) is 5.02 Å². The second-order valence-corrected chi connectivity index (χ2v) is 7.33. The molecule has 1 amide bonds. The van der Waals surface area contributed by atoms with E-state index in [0.29, 0.717) is 17.6 Å². The first-order chi connectivity index (χ1) is 14.5. The Morgan fingerprint density at radius 2 is 1.90 bits per heavy atom. The van der Waals surface area contributed by atoms with E-state index >= 15 is 0 Å². The van der Waals surface area contributed by atoms with E-state index in [1.807, 2.05) is 36.4 Å². The number of carbonyl (C=O) groups excluding carboxylic acids is 1. The van der Waals surface area contributed by atoms with E-state index in [0.717, 1.165) is 27.8 Å². The Kier molecular flexibility index (Phi) is 5.84. The van der Waals surface area contributed by atoms with E-state index in [4.69, 9.17) is 21.1 Å². The fraction of sp³-hybridized carbons (Fsp3) is 0.125. The molecular weight excluding hydrogens is 405 g/mol. The van der Waals surface area contributed by atoms with Gasteiger partial charge in [0.05, 0.1) is 11.6 Å². The quantitative estimate of drug-likeness (QED) is 0.447. The number of furan rings is 1. The minimum atomic E-state index is -0.449. The largest absolute Gasteiger partial charge is 0.460 e. The molecule has 0 aliphatic rings. The number of nitrogens with one attached hydrogen (secondary N) is 1. The fourth-order valence-corrected chi connectivity index (χ4v) is 3.58. The summed E-state index contributed by atoms with van der Waals surface area (Å²) in [6, 6.07) is 19.7. The zero-order valence-corrected chi connectivity index (χ0v) is 16.7. The highest BCUT2D eigenvalue weighted by molar-refractivity contribution is 6.30. The topological polar surface area (TPSA) is 62.5 Å². The molecule has 4 rings (SSSR count). The number of fused-ring (bicyclic) bond motifs is 1. The molecule has 0 radical (unpaired) electrons.